The maximum Gasteiger partial charge on any atom is 0.0644 e. The van der Waals surface area contributed by atoms with Crippen molar-refractivity contribution >= 4 is 0 Å². The summed E-state index contributed by atoms with van der Waals surface area (Å²) in [5.41, 5.74) is 0. The second-order valence-electron chi connectivity index (χ2n) is 2.39. The highest BCUT2D eigenvalue weighted by atomic mass is 16.5. The molecule has 11 heavy (non-hydrogen) atoms. The third kappa shape index (κ3) is 3.70. The van der Waals surface area contributed by atoms with E-state index in [9.17, 15) is 0 Å². The molecule has 0 bridgehead atoms. The van der Waals surface area contributed by atoms with Crippen LogP contribution >= 0.6 is 0 Å². The van der Waals surface area contributed by atoms with Crippen molar-refractivity contribution in [1.29, 1.82) is 0 Å². The Morgan fingerprint density at radius 2 is 2.18 bits per heavy atom. The number of ether oxygens (including phenoxy) is 1. The Hall–Kier alpha value is -0.120. The molecule has 0 aromatic carbocycles. The molecule has 0 unspecified atom stereocenters. The minimum atomic E-state index is 0.205. The Morgan fingerprint density at radius 1 is 1.55 bits per heavy atom. The van der Waals surface area contributed by atoms with E-state index >= 15 is 0 Å². The van der Waals surface area contributed by atoms with Gasteiger partial charge >= 0.3 is 0 Å². The van der Waals surface area contributed by atoms with Crippen LogP contribution in [0.25, 0.3) is 0 Å². The number of hydrogen-bond acceptors (Lipinski definition) is 3. The number of aliphatic hydroxyl groups excluding tert-OH is 1. The molecule has 1 fully saturated rings. The fraction of sp³-hybridized carbons (Fsp3) is 1.00. The first kappa shape index (κ1) is 10.9. The van der Waals surface area contributed by atoms with Gasteiger partial charge in [0.25, 0.3) is 0 Å². The Kier molecular flexibility index (Phi) is 6.51. The molecular formula is C8H19NO2. The summed E-state index contributed by atoms with van der Waals surface area (Å²) in [7, 11) is 2.00. The number of rotatable bonds is 1. The highest BCUT2D eigenvalue weighted by molar-refractivity contribution is 4.70. The van der Waals surface area contributed by atoms with E-state index in [0.29, 0.717) is 6.61 Å². The molecule has 3 nitrogen and oxygen atoms in total. The second kappa shape index (κ2) is 6.58. The predicted molar refractivity (Wildman–Crippen MR) is 45.7 cm³/mol. The van der Waals surface area contributed by atoms with Gasteiger partial charge in [-0.1, -0.05) is 13.8 Å². The van der Waals surface area contributed by atoms with Crippen molar-refractivity contribution in [3.8, 4) is 0 Å². The van der Waals surface area contributed by atoms with Crippen molar-refractivity contribution in [1.82, 2.24) is 4.90 Å². The van der Waals surface area contributed by atoms with Gasteiger partial charge in [-0.15, -0.1) is 0 Å². The SMILES string of the molecule is CC.CN1CCOC[C@@H]1CO. The molecule has 0 aromatic rings. The minimum absolute atomic E-state index is 0.205. The van der Waals surface area contributed by atoms with E-state index in [4.69, 9.17) is 9.84 Å². The smallest absolute Gasteiger partial charge is 0.0644 e. The van der Waals surface area contributed by atoms with E-state index in [1.165, 1.54) is 0 Å². The molecule has 68 valence electrons. The van der Waals surface area contributed by atoms with Gasteiger partial charge in [-0.2, -0.15) is 0 Å². The Morgan fingerprint density at radius 3 is 2.55 bits per heavy atom. The summed E-state index contributed by atoms with van der Waals surface area (Å²) in [5.74, 6) is 0. The summed E-state index contributed by atoms with van der Waals surface area (Å²) in [4.78, 5) is 2.11. The van der Waals surface area contributed by atoms with Crippen LogP contribution in [0, 0.1) is 0 Å². The molecule has 1 aliphatic rings. The summed E-state index contributed by atoms with van der Waals surface area (Å²) in [6.45, 7) is 6.61. The summed E-state index contributed by atoms with van der Waals surface area (Å²) in [5, 5.41) is 8.74. The predicted octanol–water partition coefficient (Wildman–Crippen LogP) is 0.336. The van der Waals surface area contributed by atoms with Crippen molar-refractivity contribution in [2.45, 2.75) is 19.9 Å². The Labute approximate surface area is 69.0 Å². The van der Waals surface area contributed by atoms with Gasteiger partial charge in [-0.3, -0.25) is 4.90 Å². The summed E-state index contributed by atoms with van der Waals surface area (Å²) in [6, 6.07) is 0.221. The maximum atomic E-state index is 8.74. The van der Waals surface area contributed by atoms with E-state index in [2.05, 4.69) is 4.90 Å². The van der Waals surface area contributed by atoms with Crippen LogP contribution in [0.4, 0.5) is 0 Å². The lowest BCUT2D eigenvalue weighted by molar-refractivity contribution is -0.0148. The van der Waals surface area contributed by atoms with Gasteiger partial charge in [-0.05, 0) is 7.05 Å². The van der Waals surface area contributed by atoms with Crippen LogP contribution < -0.4 is 0 Å². The summed E-state index contributed by atoms with van der Waals surface area (Å²) in [6.07, 6.45) is 0. The zero-order chi connectivity index (χ0) is 8.69. The molecule has 3 heteroatoms. The van der Waals surface area contributed by atoms with Gasteiger partial charge in [0.2, 0.25) is 0 Å². The van der Waals surface area contributed by atoms with Crippen LogP contribution in [0.3, 0.4) is 0 Å². The van der Waals surface area contributed by atoms with Crippen LogP contribution in [-0.2, 0) is 4.74 Å². The molecule has 1 heterocycles. The molecular weight excluding hydrogens is 142 g/mol. The standard InChI is InChI=1S/C6H13NO2.C2H6/c1-7-2-3-9-5-6(7)4-8;1-2/h6,8H,2-5H2,1H3;1-2H3/t6-;/m0./s1. The van der Waals surface area contributed by atoms with Gasteiger partial charge in [0.05, 0.1) is 25.9 Å². The minimum Gasteiger partial charge on any atom is -0.395 e. The molecule has 0 radical (unpaired) electrons. The van der Waals surface area contributed by atoms with Gasteiger partial charge in [0.15, 0.2) is 0 Å². The Balaban J connectivity index is 0.000000461. The first-order valence-corrected chi connectivity index (χ1v) is 4.23. The molecule has 0 aromatic heterocycles. The normalized spacial score (nSPS) is 25.6. The quantitative estimate of drug-likeness (QED) is 0.602. The van der Waals surface area contributed by atoms with Crippen molar-refractivity contribution in [3.63, 3.8) is 0 Å². The average molecular weight is 161 g/mol. The molecule has 1 N–H and O–H groups in total. The van der Waals surface area contributed by atoms with E-state index < -0.39 is 0 Å². The molecule has 1 aliphatic heterocycles. The van der Waals surface area contributed by atoms with Crippen molar-refractivity contribution < 1.29 is 9.84 Å². The molecule has 0 saturated carbocycles. The summed E-state index contributed by atoms with van der Waals surface area (Å²) < 4.78 is 5.14. The van der Waals surface area contributed by atoms with Gasteiger partial charge in [0.1, 0.15) is 0 Å². The number of morpholine rings is 1. The first-order valence-electron chi connectivity index (χ1n) is 4.23. The molecule has 0 aliphatic carbocycles. The van der Waals surface area contributed by atoms with Crippen LogP contribution in [0.5, 0.6) is 0 Å². The van der Waals surface area contributed by atoms with Crippen molar-refractivity contribution in [2.75, 3.05) is 33.4 Å². The molecule has 1 atom stereocenters. The number of aliphatic hydroxyl groups is 1. The molecule has 1 saturated heterocycles. The van der Waals surface area contributed by atoms with Crippen molar-refractivity contribution in [3.05, 3.63) is 0 Å². The van der Waals surface area contributed by atoms with E-state index in [0.717, 1.165) is 13.2 Å². The van der Waals surface area contributed by atoms with E-state index in [1.54, 1.807) is 0 Å². The zero-order valence-electron chi connectivity index (χ0n) is 7.71. The van der Waals surface area contributed by atoms with Crippen LogP contribution in [0.1, 0.15) is 13.8 Å². The third-order valence-electron chi connectivity index (χ3n) is 1.73. The molecule has 1 rings (SSSR count). The first-order chi connectivity index (χ1) is 5.34. The number of hydrogen-bond donors (Lipinski definition) is 1. The molecule has 0 amide bonds. The van der Waals surface area contributed by atoms with Crippen LogP contribution in [0.2, 0.25) is 0 Å². The lowest BCUT2D eigenvalue weighted by atomic mass is 10.3. The zero-order valence-corrected chi connectivity index (χ0v) is 7.71. The second-order valence-corrected chi connectivity index (χ2v) is 2.39. The van der Waals surface area contributed by atoms with Crippen LogP contribution in [0.15, 0.2) is 0 Å². The van der Waals surface area contributed by atoms with Gasteiger partial charge < -0.3 is 9.84 Å². The van der Waals surface area contributed by atoms with Crippen molar-refractivity contribution in [2.24, 2.45) is 0 Å². The molecule has 0 spiro atoms. The summed E-state index contributed by atoms with van der Waals surface area (Å²) >= 11 is 0. The topological polar surface area (TPSA) is 32.7 Å². The van der Waals surface area contributed by atoms with Gasteiger partial charge in [0, 0.05) is 6.54 Å². The lowest BCUT2D eigenvalue weighted by Crippen LogP contribution is -2.44. The monoisotopic (exact) mass is 161 g/mol. The third-order valence-corrected chi connectivity index (χ3v) is 1.73. The van der Waals surface area contributed by atoms with Crippen LogP contribution in [-0.4, -0.2) is 49.5 Å². The fourth-order valence-corrected chi connectivity index (χ4v) is 0.930. The highest BCUT2D eigenvalue weighted by Crippen LogP contribution is 2.01. The fourth-order valence-electron chi connectivity index (χ4n) is 0.930. The van der Waals surface area contributed by atoms with E-state index in [1.807, 2.05) is 20.9 Å². The Bertz CT molecular complexity index is 88.2. The average Bonchev–Trinajstić information content (AvgIpc) is 2.09. The highest BCUT2D eigenvalue weighted by Gasteiger charge is 2.17. The van der Waals surface area contributed by atoms with E-state index in [-0.39, 0.29) is 12.6 Å². The number of likely N-dealkylation sites (N-methyl/N-ethyl adjacent to an activating group) is 1. The maximum absolute atomic E-state index is 8.74. The number of nitrogens with zero attached hydrogens (tertiary/aromatic N) is 1. The largest absolute Gasteiger partial charge is 0.395 e. The lowest BCUT2D eigenvalue weighted by Gasteiger charge is -2.30. The van der Waals surface area contributed by atoms with Gasteiger partial charge in [-0.25, -0.2) is 0 Å².